The van der Waals surface area contributed by atoms with Crippen LogP contribution in [0, 0.1) is 11.3 Å². The van der Waals surface area contributed by atoms with E-state index in [1.807, 2.05) is 18.3 Å². The van der Waals surface area contributed by atoms with Gasteiger partial charge < -0.3 is 9.80 Å². The second kappa shape index (κ2) is 6.37. The minimum Gasteiger partial charge on any atom is -0.342 e. The van der Waals surface area contributed by atoms with Crippen molar-refractivity contribution in [1.82, 2.24) is 14.8 Å². The zero-order chi connectivity index (χ0) is 15.6. The molecule has 0 saturated carbocycles. The van der Waals surface area contributed by atoms with Crippen molar-refractivity contribution in [2.24, 2.45) is 11.3 Å². The standard InChI is InChI=1S/C18H27N3O/c1-15(2)11-20-12-18(13-20)7-9-21(14-18)17(22)6-5-16-4-3-8-19-10-16/h3-4,8,10,15H,5-7,9,11-14H2,1-2H3. The van der Waals surface area contributed by atoms with Crippen LogP contribution in [0.4, 0.5) is 0 Å². The minimum atomic E-state index is 0.308. The Morgan fingerprint density at radius 1 is 1.36 bits per heavy atom. The van der Waals surface area contributed by atoms with Crippen LogP contribution in [0.5, 0.6) is 0 Å². The van der Waals surface area contributed by atoms with E-state index in [1.165, 1.54) is 26.1 Å². The monoisotopic (exact) mass is 301 g/mol. The average molecular weight is 301 g/mol. The van der Waals surface area contributed by atoms with Crippen LogP contribution in [0.25, 0.3) is 0 Å². The zero-order valence-corrected chi connectivity index (χ0v) is 13.8. The Bertz CT molecular complexity index is 508. The quantitative estimate of drug-likeness (QED) is 0.836. The number of aryl methyl sites for hydroxylation is 1. The van der Waals surface area contributed by atoms with Gasteiger partial charge in [-0.3, -0.25) is 9.78 Å². The first kappa shape index (κ1) is 15.5. The van der Waals surface area contributed by atoms with Gasteiger partial charge in [0, 0.05) is 57.0 Å². The van der Waals surface area contributed by atoms with Gasteiger partial charge in [-0.05, 0) is 30.4 Å². The third-order valence-corrected chi connectivity index (χ3v) is 4.88. The van der Waals surface area contributed by atoms with Crippen molar-refractivity contribution in [3.63, 3.8) is 0 Å². The van der Waals surface area contributed by atoms with Crippen LogP contribution in [-0.4, -0.2) is 53.4 Å². The molecule has 0 N–H and O–H groups in total. The number of nitrogens with zero attached hydrogens (tertiary/aromatic N) is 3. The van der Waals surface area contributed by atoms with Gasteiger partial charge >= 0.3 is 0 Å². The second-order valence-electron chi connectivity index (χ2n) is 7.49. The summed E-state index contributed by atoms with van der Waals surface area (Å²) in [5.41, 5.74) is 1.55. The van der Waals surface area contributed by atoms with Crippen molar-refractivity contribution in [3.8, 4) is 0 Å². The fourth-order valence-corrected chi connectivity index (χ4v) is 3.91. The molecule has 4 heteroatoms. The number of pyridine rings is 1. The van der Waals surface area contributed by atoms with Crippen LogP contribution in [0.1, 0.15) is 32.3 Å². The van der Waals surface area contributed by atoms with E-state index in [0.29, 0.717) is 17.7 Å². The molecular formula is C18H27N3O. The predicted octanol–water partition coefficient (Wildman–Crippen LogP) is 2.20. The highest BCUT2D eigenvalue weighted by molar-refractivity contribution is 5.76. The van der Waals surface area contributed by atoms with Gasteiger partial charge in [-0.1, -0.05) is 19.9 Å². The Morgan fingerprint density at radius 3 is 2.86 bits per heavy atom. The Balaban J connectivity index is 1.44. The third-order valence-electron chi connectivity index (χ3n) is 4.88. The number of amides is 1. The molecule has 0 radical (unpaired) electrons. The molecular weight excluding hydrogens is 274 g/mol. The van der Waals surface area contributed by atoms with Crippen molar-refractivity contribution in [2.45, 2.75) is 33.1 Å². The Kier molecular flexibility index (Phi) is 4.48. The minimum absolute atomic E-state index is 0.308. The van der Waals surface area contributed by atoms with Crippen LogP contribution in [-0.2, 0) is 11.2 Å². The SMILES string of the molecule is CC(C)CN1CC2(CCN(C(=O)CCc3cccnc3)C2)C1. The van der Waals surface area contributed by atoms with E-state index in [4.69, 9.17) is 0 Å². The molecule has 0 aliphatic carbocycles. The summed E-state index contributed by atoms with van der Waals surface area (Å²) in [7, 11) is 0. The summed E-state index contributed by atoms with van der Waals surface area (Å²) >= 11 is 0. The largest absolute Gasteiger partial charge is 0.342 e. The normalized spacial score (nSPS) is 20.6. The van der Waals surface area contributed by atoms with Gasteiger partial charge in [0.15, 0.2) is 0 Å². The number of hydrogen-bond donors (Lipinski definition) is 0. The first-order valence-corrected chi connectivity index (χ1v) is 8.45. The lowest BCUT2D eigenvalue weighted by Crippen LogP contribution is -2.58. The summed E-state index contributed by atoms with van der Waals surface area (Å²) in [6.45, 7) is 10.0. The van der Waals surface area contributed by atoms with Crippen LogP contribution in [0.3, 0.4) is 0 Å². The summed E-state index contributed by atoms with van der Waals surface area (Å²) in [6, 6.07) is 3.98. The van der Waals surface area contributed by atoms with Gasteiger partial charge in [0.2, 0.25) is 5.91 Å². The molecule has 1 aromatic rings. The molecule has 2 aliphatic rings. The lowest BCUT2D eigenvalue weighted by atomic mass is 9.78. The van der Waals surface area contributed by atoms with Crippen molar-refractivity contribution in [2.75, 3.05) is 32.7 Å². The molecule has 3 heterocycles. The molecule has 0 atom stereocenters. The van der Waals surface area contributed by atoms with Gasteiger partial charge in [-0.25, -0.2) is 0 Å². The predicted molar refractivity (Wildman–Crippen MR) is 87.5 cm³/mol. The molecule has 22 heavy (non-hydrogen) atoms. The van der Waals surface area contributed by atoms with E-state index < -0.39 is 0 Å². The number of likely N-dealkylation sites (tertiary alicyclic amines) is 2. The van der Waals surface area contributed by atoms with Crippen molar-refractivity contribution < 1.29 is 4.79 Å². The second-order valence-corrected chi connectivity index (χ2v) is 7.49. The van der Waals surface area contributed by atoms with Gasteiger partial charge in [0.1, 0.15) is 0 Å². The fourth-order valence-electron chi connectivity index (χ4n) is 3.91. The van der Waals surface area contributed by atoms with Gasteiger partial charge in [-0.2, -0.15) is 0 Å². The maximum atomic E-state index is 12.4. The topological polar surface area (TPSA) is 36.4 Å². The molecule has 3 rings (SSSR count). The molecule has 120 valence electrons. The molecule has 0 aromatic carbocycles. The van der Waals surface area contributed by atoms with Crippen LogP contribution >= 0.6 is 0 Å². The fraction of sp³-hybridized carbons (Fsp3) is 0.667. The number of carbonyl (C=O) groups excluding carboxylic acids is 1. The Labute approximate surface area is 133 Å². The zero-order valence-electron chi connectivity index (χ0n) is 13.8. The van der Waals surface area contributed by atoms with Gasteiger partial charge in [-0.15, -0.1) is 0 Å². The van der Waals surface area contributed by atoms with Crippen LogP contribution < -0.4 is 0 Å². The van der Waals surface area contributed by atoms with Crippen molar-refractivity contribution in [1.29, 1.82) is 0 Å². The highest BCUT2D eigenvalue weighted by Gasteiger charge is 2.48. The van der Waals surface area contributed by atoms with Crippen molar-refractivity contribution >= 4 is 5.91 Å². The van der Waals surface area contributed by atoms with Crippen LogP contribution in [0.15, 0.2) is 24.5 Å². The number of carbonyl (C=O) groups is 1. The van der Waals surface area contributed by atoms with E-state index in [1.54, 1.807) is 6.20 Å². The molecule has 1 aromatic heterocycles. The Hall–Kier alpha value is -1.42. The highest BCUT2D eigenvalue weighted by atomic mass is 16.2. The average Bonchev–Trinajstić information content (AvgIpc) is 2.90. The molecule has 1 amide bonds. The van der Waals surface area contributed by atoms with Crippen LogP contribution in [0.2, 0.25) is 0 Å². The first-order valence-electron chi connectivity index (χ1n) is 8.45. The third kappa shape index (κ3) is 3.49. The van der Waals surface area contributed by atoms with E-state index >= 15 is 0 Å². The first-order chi connectivity index (χ1) is 10.6. The number of rotatable bonds is 5. The molecule has 0 unspecified atom stereocenters. The molecule has 2 fully saturated rings. The van der Waals surface area contributed by atoms with E-state index in [2.05, 4.69) is 28.6 Å². The summed E-state index contributed by atoms with van der Waals surface area (Å²) in [5.74, 6) is 1.04. The summed E-state index contributed by atoms with van der Waals surface area (Å²) < 4.78 is 0. The molecule has 1 spiro atoms. The summed E-state index contributed by atoms with van der Waals surface area (Å²) in [5, 5.41) is 0. The number of hydrogen-bond acceptors (Lipinski definition) is 3. The molecule has 2 aliphatic heterocycles. The van der Waals surface area contributed by atoms with Crippen molar-refractivity contribution in [3.05, 3.63) is 30.1 Å². The Morgan fingerprint density at radius 2 is 2.18 bits per heavy atom. The summed E-state index contributed by atoms with van der Waals surface area (Å²) in [4.78, 5) is 21.1. The smallest absolute Gasteiger partial charge is 0.222 e. The lowest BCUT2D eigenvalue weighted by Gasteiger charge is -2.48. The van der Waals surface area contributed by atoms with Gasteiger partial charge in [0.25, 0.3) is 0 Å². The maximum Gasteiger partial charge on any atom is 0.222 e. The highest BCUT2D eigenvalue weighted by Crippen LogP contribution is 2.39. The molecule has 4 nitrogen and oxygen atoms in total. The number of aromatic nitrogens is 1. The van der Waals surface area contributed by atoms with E-state index in [0.717, 1.165) is 31.0 Å². The molecule has 2 saturated heterocycles. The lowest BCUT2D eigenvalue weighted by molar-refractivity contribution is -0.131. The van der Waals surface area contributed by atoms with Gasteiger partial charge in [0.05, 0.1) is 0 Å². The molecule has 0 bridgehead atoms. The maximum absolute atomic E-state index is 12.4. The van der Waals surface area contributed by atoms with E-state index in [-0.39, 0.29) is 0 Å². The van der Waals surface area contributed by atoms with E-state index in [9.17, 15) is 4.79 Å². The summed E-state index contributed by atoms with van der Waals surface area (Å²) in [6.07, 6.45) is 6.22.